The predicted molar refractivity (Wildman–Crippen MR) is 134 cm³/mol. The first-order valence-corrected chi connectivity index (χ1v) is 14.0. The van der Waals surface area contributed by atoms with Gasteiger partial charge in [0.25, 0.3) is 0 Å². The standard InChI is InChI=1S/C26H28N2O6S2/c1-10(2)8-14(25(31)32)28-23(29)18-12-9-13(19(18)24(28)30)20-17(12)16(11-6-4-5-7-15(11)34-3)21-22(35-20)27-26(33)36-21/h4-7,10,12-14,16-20H,8-9H2,1-3H3,(H,27,33)(H,31,32)/t12-,13+,14+,16+,17+,18-,19+,20-/m1/s1. The number of carboxylic acids is 1. The quantitative estimate of drug-likeness (QED) is 0.552. The molecule has 190 valence electrons. The number of benzene rings is 1. The molecule has 3 fully saturated rings. The number of thioether (sulfide) groups is 1. The summed E-state index contributed by atoms with van der Waals surface area (Å²) < 4.78 is 5.70. The summed E-state index contributed by atoms with van der Waals surface area (Å²) in [5.41, 5.74) is 0.979. The molecular formula is C26H28N2O6S2. The Morgan fingerprint density at radius 2 is 1.86 bits per heavy atom. The molecule has 3 heterocycles. The highest BCUT2D eigenvalue weighted by molar-refractivity contribution is 8.00. The smallest absolute Gasteiger partial charge is 0.326 e. The largest absolute Gasteiger partial charge is 0.496 e. The van der Waals surface area contributed by atoms with Gasteiger partial charge in [-0.05, 0) is 42.6 Å². The van der Waals surface area contributed by atoms with Crippen LogP contribution in [0.2, 0.25) is 0 Å². The van der Waals surface area contributed by atoms with Crippen molar-refractivity contribution in [2.45, 2.75) is 48.9 Å². The highest BCUT2D eigenvalue weighted by Crippen LogP contribution is 2.69. The number of carboxylic acid groups (broad SMARTS) is 1. The Hall–Kier alpha value is -2.59. The number of hydrogen-bond donors (Lipinski definition) is 2. The molecule has 0 unspecified atom stereocenters. The summed E-state index contributed by atoms with van der Waals surface area (Å²) in [5, 5.41) is 10.8. The van der Waals surface area contributed by atoms with E-state index in [1.165, 1.54) is 11.3 Å². The molecule has 2 saturated carbocycles. The molecular weight excluding hydrogens is 500 g/mol. The Balaban J connectivity index is 1.44. The number of aromatic nitrogens is 1. The van der Waals surface area contributed by atoms with E-state index in [4.69, 9.17) is 4.74 Å². The van der Waals surface area contributed by atoms with Gasteiger partial charge < -0.3 is 14.8 Å². The number of likely N-dealkylation sites (tertiary alicyclic amines) is 1. The lowest BCUT2D eigenvalue weighted by molar-refractivity contribution is -0.156. The van der Waals surface area contributed by atoms with Gasteiger partial charge in [-0.15, -0.1) is 11.8 Å². The van der Waals surface area contributed by atoms with Crippen LogP contribution in [0.5, 0.6) is 5.75 Å². The number of nitrogens with zero attached hydrogens (tertiary/aromatic N) is 1. The van der Waals surface area contributed by atoms with Gasteiger partial charge in [0.2, 0.25) is 11.8 Å². The first-order chi connectivity index (χ1) is 17.2. The molecule has 1 aromatic heterocycles. The second-order valence-electron chi connectivity index (χ2n) is 10.7. The van der Waals surface area contributed by atoms with Crippen LogP contribution < -0.4 is 9.61 Å². The zero-order valence-corrected chi connectivity index (χ0v) is 21.8. The van der Waals surface area contributed by atoms with Gasteiger partial charge in [0.1, 0.15) is 11.8 Å². The zero-order chi connectivity index (χ0) is 25.5. The third-order valence-corrected chi connectivity index (χ3v) is 11.1. The number of H-pyrrole nitrogens is 1. The van der Waals surface area contributed by atoms with Crippen molar-refractivity contribution in [2.24, 2.45) is 35.5 Å². The van der Waals surface area contributed by atoms with E-state index in [2.05, 4.69) is 4.98 Å². The van der Waals surface area contributed by atoms with E-state index in [1.807, 2.05) is 38.1 Å². The highest BCUT2D eigenvalue weighted by Gasteiger charge is 2.70. The van der Waals surface area contributed by atoms with Crippen LogP contribution in [0.25, 0.3) is 0 Å². The van der Waals surface area contributed by atoms with Gasteiger partial charge in [-0.2, -0.15) is 0 Å². The van der Waals surface area contributed by atoms with Crippen LogP contribution in [0, 0.1) is 35.5 Å². The van der Waals surface area contributed by atoms with Gasteiger partial charge in [0, 0.05) is 21.6 Å². The molecule has 2 bridgehead atoms. The molecule has 6 rings (SSSR count). The number of methoxy groups -OCH3 is 1. The number of para-hydroxylation sites is 1. The summed E-state index contributed by atoms with van der Waals surface area (Å²) >= 11 is 2.82. The van der Waals surface area contributed by atoms with Crippen molar-refractivity contribution in [1.29, 1.82) is 0 Å². The van der Waals surface area contributed by atoms with Crippen LogP contribution in [-0.4, -0.2) is 51.2 Å². The molecule has 2 aromatic rings. The number of carbonyl (C=O) groups is 3. The molecule has 0 spiro atoms. The molecule has 2 amide bonds. The topological polar surface area (TPSA) is 117 Å². The van der Waals surface area contributed by atoms with Gasteiger partial charge >= 0.3 is 10.8 Å². The third-order valence-electron chi connectivity index (χ3n) is 8.52. The minimum absolute atomic E-state index is 0.0322. The van der Waals surface area contributed by atoms with Crippen molar-refractivity contribution in [1.82, 2.24) is 9.88 Å². The number of ether oxygens (including phenoxy) is 1. The number of carbonyl (C=O) groups excluding carboxylic acids is 2. The summed E-state index contributed by atoms with van der Waals surface area (Å²) in [6.45, 7) is 3.79. The van der Waals surface area contributed by atoms with Crippen LogP contribution in [-0.2, 0) is 14.4 Å². The zero-order valence-electron chi connectivity index (χ0n) is 20.2. The van der Waals surface area contributed by atoms with Crippen molar-refractivity contribution in [2.75, 3.05) is 7.11 Å². The number of aromatic amines is 1. The van der Waals surface area contributed by atoms with Gasteiger partial charge in [-0.25, -0.2) is 4.79 Å². The highest BCUT2D eigenvalue weighted by atomic mass is 32.2. The number of aliphatic carboxylic acids is 1. The first-order valence-electron chi connectivity index (χ1n) is 12.3. The van der Waals surface area contributed by atoms with Crippen molar-refractivity contribution < 1.29 is 24.2 Å². The average molecular weight is 529 g/mol. The second-order valence-corrected chi connectivity index (χ2v) is 12.9. The molecule has 1 saturated heterocycles. The Kier molecular flexibility index (Phi) is 5.60. The molecule has 2 aliphatic carbocycles. The summed E-state index contributed by atoms with van der Waals surface area (Å²) in [6, 6.07) is 6.66. The van der Waals surface area contributed by atoms with E-state index >= 15 is 0 Å². The number of rotatable bonds is 6. The molecule has 8 nitrogen and oxygen atoms in total. The number of fused-ring (bicyclic) bond motifs is 9. The Morgan fingerprint density at radius 3 is 2.53 bits per heavy atom. The van der Waals surface area contributed by atoms with Gasteiger partial charge in [-0.3, -0.25) is 19.3 Å². The van der Waals surface area contributed by atoms with E-state index in [-0.39, 0.29) is 57.9 Å². The van der Waals surface area contributed by atoms with E-state index in [9.17, 15) is 24.3 Å². The van der Waals surface area contributed by atoms with Crippen molar-refractivity contribution in [3.8, 4) is 5.75 Å². The van der Waals surface area contributed by atoms with Crippen LogP contribution in [0.3, 0.4) is 0 Å². The number of imide groups is 1. The number of amides is 2. The first kappa shape index (κ1) is 23.8. The van der Waals surface area contributed by atoms with Crippen molar-refractivity contribution >= 4 is 40.9 Å². The number of thiazole rings is 1. The average Bonchev–Trinajstić information content (AvgIpc) is 3.56. The molecule has 36 heavy (non-hydrogen) atoms. The molecule has 10 heteroatoms. The molecule has 2 aliphatic heterocycles. The number of nitrogens with one attached hydrogen (secondary N) is 1. The Morgan fingerprint density at radius 1 is 1.17 bits per heavy atom. The Bertz CT molecular complexity index is 1320. The third kappa shape index (κ3) is 3.26. The van der Waals surface area contributed by atoms with Crippen LogP contribution >= 0.6 is 23.1 Å². The van der Waals surface area contributed by atoms with Gasteiger partial charge in [-0.1, -0.05) is 43.4 Å². The lowest BCUT2D eigenvalue weighted by Crippen LogP contribution is -2.47. The van der Waals surface area contributed by atoms with E-state index in [0.29, 0.717) is 0 Å². The normalized spacial score (nSPS) is 33.0. The number of hydrogen-bond acceptors (Lipinski definition) is 7. The fraction of sp³-hybridized carbons (Fsp3) is 0.538. The second kappa shape index (κ2) is 8.48. The van der Waals surface area contributed by atoms with Crippen molar-refractivity contribution in [3.63, 3.8) is 0 Å². The molecule has 0 radical (unpaired) electrons. The molecule has 4 aliphatic rings. The molecule has 2 N–H and O–H groups in total. The Labute approximate surface area is 216 Å². The molecule has 8 atom stereocenters. The van der Waals surface area contributed by atoms with E-state index in [0.717, 1.165) is 32.5 Å². The maximum absolute atomic E-state index is 13.8. The molecule has 1 aromatic carbocycles. The van der Waals surface area contributed by atoms with Crippen LogP contribution in [0.4, 0.5) is 0 Å². The fourth-order valence-corrected chi connectivity index (χ4v) is 10.3. The fourth-order valence-electron chi connectivity index (χ4n) is 7.38. The minimum Gasteiger partial charge on any atom is -0.496 e. The summed E-state index contributed by atoms with van der Waals surface area (Å²) in [7, 11) is 1.63. The van der Waals surface area contributed by atoms with Gasteiger partial charge in [0.15, 0.2) is 0 Å². The summed E-state index contributed by atoms with van der Waals surface area (Å²) in [4.78, 5) is 56.8. The van der Waals surface area contributed by atoms with Gasteiger partial charge in [0.05, 0.1) is 24.0 Å². The lowest BCUT2D eigenvalue weighted by Gasteiger charge is -2.43. The SMILES string of the molecule is COc1ccccc1[C@@H]1c2sc(=O)[nH]c2S[C@@H]2[C@H]3C[C@@H]([C@H]4C(=O)N([C@@H](CC(C)C)C(=O)O)C(=O)[C@@H]34)[C@@H]12. The summed E-state index contributed by atoms with van der Waals surface area (Å²) in [6.07, 6.45) is 1.00. The van der Waals surface area contributed by atoms with Crippen LogP contribution in [0.1, 0.15) is 43.0 Å². The summed E-state index contributed by atoms with van der Waals surface area (Å²) in [5.74, 6) is -2.22. The lowest BCUT2D eigenvalue weighted by atomic mass is 9.68. The van der Waals surface area contributed by atoms with E-state index < -0.39 is 23.8 Å². The monoisotopic (exact) mass is 528 g/mol. The predicted octanol–water partition coefficient (Wildman–Crippen LogP) is 3.42. The van der Waals surface area contributed by atoms with Crippen molar-refractivity contribution in [3.05, 3.63) is 44.4 Å². The van der Waals surface area contributed by atoms with E-state index in [1.54, 1.807) is 18.9 Å². The minimum atomic E-state index is -1.13. The van der Waals surface area contributed by atoms with Crippen LogP contribution in [0.15, 0.2) is 34.1 Å². The maximum atomic E-state index is 13.8. The maximum Gasteiger partial charge on any atom is 0.326 e.